The number of aliphatic imine (C=N–C) groups is 1. The second kappa shape index (κ2) is 8.79. The Morgan fingerprint density at radius 2 is 1.79 bits per heavy atom. The third kappa shape index (κ3) is 4.57. The zero-order valence-corrected chi connectivity index (χ0v) is 16.7. The van der Waals surface area contributed by atoms with Crippen LogP contribution in [-0.2, 0) is 9.53 Å². The van der Waals surface area contributed by atoms with Gasteiger partial charge >= 0.3 is 5.97 Å². The van der Waals surface area contributed by atoms with Crippen molar-refractivity contribution in [2.45, 2.75) is 13.8 Å². The number of aliphatic hydroxyl groups is 1. The zero-order chi connectivity index (χ0) is 21.0. The van der Waals surface area contributed by atoms with Crippen LogP contribution in [0, 0.1) is 6.92 Å². The van der Waals surface area contributed by atoms with Crippen molar-refractivity contribution in [3.8, 4) is 5.75 Å². The SMILES string of the molecule is CCOC(=O)C1=C(O)/C(=C/c2ccccc2O)SC1=NC(=O)c1ccc(C)cc1. The summed E-state index contributed by atoms with van der Waals surface area (Å²) >= 11 is 0.965. The lowest BCUT2D eigenvalue weighted by atomic mass is 10.1. The van der Waals surface area contributed by atoms with Gasteiger partial charge in [0, 0.05) is 11.1 Å². The lowest BCUT2D eigenvalue weighted by molar-refractivity contribution is -0.138. The van der Waals surface area contributed by atoms with E-state index in [2.05, 4.69) is 4.99 Å². The Balaban J connectivity index is 2.02. The minimum Gasteiger partial charge on any atom is -0.507 e. The lowest BCUT2D eigenvalue weighted by Crippen LogP contribution is -2.14. The Hall–Kier alpha value is -3.32. The molecule has 0 bridgehead atoms. The molecule has 0 atom stereocenters. The van der Waals surface area contributed by atoms with E-state index in [0.29, 0.717) is 11.1 Å². The molecular formula is C22H19NO5S. The van der Waals surface area contributed by atoms with Gasteiger partial charge in [-0.15, -0.1) is 0 Å². The molecule has 2 aromatic rings. The van der Waals surface area contributed by atoms with Crippen LogP contribution >= 0.6 is 11.8 Å². The third-order valence-electron chi connectivity index (χ3n) is 4.10. The van der Waals surface area contributed by atoms with E-state index in [0.717, 1.165) is 17.3 Å². The second-order valence-corrected chi connectivity index (χ2v) is 7.23. The maximum atomic E-state index is 12.5. The van der Waals surface area contributed by atoms with Crippen molar-refractivity contribution in [3.63, 3.8) is 0 Å². The predicted molar refractivity (Wildman–Crippen MR) is 113 cm³/mol. The number of benzene rings is 2. The van der Waals surface area contributed by atoms with Gasteiger partial charge in [-0.3, -0.25) is 4.79 Å². The van der Waals surface area contributed by atoms with Gasteiger partial charge in [0.1, 0.15) is 22.1 Å². The molecule has 3 rings (SSSR count). The van der Waals surface area contributed by atoms with Crippen LogP contribution in [0.4, 0.5) is 0 Å². The first-order valence-electron chi connectivity index (χ1n) is 8.89. The number of carbonyl (C=O) groups excluding carboxylic acids is 2. The number of esters is 1. The van der Waals surface area contributed by atoms with Crippen molar-refractivity contribution in [2.24, 2.45) is 4.99 Å². The zero-order valence-electron chi connectivity index (χ0n) is 15.9. The molecule has 6 nitrogen and oxygen atoms in total. The number of aliphatic hydroxyl groups excluding tert-OH is 1. The highest BCUT2D eigenvalue weighted by Gasteiger charge is 2.34. The summed E-state index contributed by atoms with van der Waals surface area (Å²) in [5.41, 5.74) is 1.65. The number of ether oxygens (including phenoxy) is 1. The number of thioether (sulfide) groups is 1. The summed E-state index contributed by atoms with van der Waals surface area (Å²) in [6.07, 6.45) is 1.52. The standard InChI is InChI=1S/C22H19NO5S/c1-3-28-22(27)18-19(25)17(12-15-6-4-5-7-16(15)24)29-21(18)23-20(26)14-10-8-13(2)9-11-14/h4-12,24-25H,3H2,1-2H3/b17-12-,23-21?. The van der Waals surface area contributed by atoms with Crippen LogP contribution in [0.15, 0.2) is 69.8 Å². The molecule has 0 saturated heterocycles. The fourth-order valence-corrected chi connectivity index (χ4v) is 3.60. The molecule has 0 radical (unpaired) electrons. The largest absolute Gasteiger partial charge is 0.507 e. The summed E-state index contributed by atoms with van der Waals surface area (Å²) in [4.78, 5) is 29.2. The number of amides is 1. The molecule has 0 aliphatic carbocycles. The number of carbonyl (C=O) groups is 2. The molecule has 0 aromatic heterocycles. The molecule has 2 N–H and O–H groups in total. The van der Waals surface area contributed by atoms with E-state index < -0.39 is 11.9 Å². The predicted octanol–water partition coefficient (Wildman–Crippen LogP) is 4.40. The number of aryl methyl sites for hydroxylation is 1. The molecule has 2 aromatic carbocycles. The normalized spacial score (nSPS) is 16.5. The van der Waals surface area contributed by atoms with Crippen LogP contribution in [0.3, 0.4) is 0 Å². The number of para-hydroxylation sites is 1. The number of hydrogen-bond acceptors (Lipinski definition) is 6. The first-order chi connectivity index (χ1) is 13.9. The molecule has 29 heavy (non-hydrogen) atoms. The topological polar surface area (TPSA) is 96.2 Å². The van der Waals surface area contributed by atoms with E-state index in [-0.39, 0.29) is 33.6 Å². The minimum absolute atomic E-state index is 0.0206. The average Bonchev–Trinajstić information content (AvgIpc) is 2.99. The summed E-state index contributed by atoms with van der Waals surface area (Å²) in [5.74, 6) is -1.63. The summed E-state index contributed by atoms with van der Waals surface area (Å²) < 4.78 is 5.01. The monoisotopic (exact) mass is 409 g/mol. The van der Waals surface area contributed by atoms with Crippen molar-refractivity contribution in [1.82, 2.24) is 0 Å². The third-order valence-corrected chi connectivity index (χ3v) is 5.12. The maximum Gasteiger partial charge on any atom is 0.344 e. The first kappa shape index (κ1) is 20.4. The molecule has 7 heteroatoms. The van der Waals surface area contributed by atoms with Gasteiger partial charge < -0.3 is 14.9 Å². The molecule has 1 heterocycles. The van der Waals surface area contributed by atoms with Crippen molar-refractivity contribution >= 4 is 34.8 Å². The van der Waals surface area contributed by atoms with E-state index in [9.17, 15) is 19.8 Å². The Morgan fingerprint density at radius 1 is 1.10 bits per heavy atom. The van der Waals surface area contributed by atoms with Gasteiger partial charge in [0.15, 0.2) is 0 Å². The fraction of sp³-hybridized carbons (Fsp3) is 0.136. The van der Waals surface area contributed by atoms with E-state index >= 15 is 0 Å². The highest BCUT2D eigenvalue weighted by molar-refractivity contribution is 8.18. The van der Waals surface area contributed by atoms with Gasteiger partial charge in [-0.2, -0.15) is 0 Å². The van der Waals surface area contributed by atoms with Crippen molar-refractivity contribution in [1.29, 1.82) is 0 Å². The molecular weight excluding hydrogens is 390 g/mol. The molecule has 0 fully saturated rings. The fourth-order valence-electron chi connectivity index (χ4n) is 2.60. The number of nitrogens with zero attached hydrogens (tertiary/aromatic N) is 1. The Labute approximate surface area is 172 Å². The van der Waals surface area contributed by atoms with E-state index in [1.807, 2.05) is 6.92 Å². The molecule has 1 aliphatic rings. The Bertz CT molecular complexity index is 1050. The summed E-state index contributed by atoms with van der Waals surface area (Å²) in [6.45, 7) is 3.66. The number of phenols is 1. The molecule has 1 aliphatic heterocycles. The summed E-state index contributed by atoms with van der Waals surface area (Å²) in [5, 5.41) is 20.6. The highest BCUT2D eigenvalue weighted by atomic mass is 32.2. The number of phenolic OH excluding ortho intramolecular Hbond substituents is 1. The van der Waals surface area contributed by atoms with Crippen molar-refractivity contribution < 1.29 is 24.5 Å². The van der Waals surface area contributed by atoms with Gasteiger partial charge in [0.05, 0.1) is 11.5 Å². The van der Waals surface area contributed by atoms with Crippen molar-refractivity contribution in [3.05, 3.63) is 81.5 Å². The van der Waals surface area contributed by atoms with Crippen LogP contribution in [0.2, 0.25) is 0 Å². The molecule has 0 unspecified atom stereocenters. The van der Waals surface area contributed by atoms with Crippen molar-refractivity contribution in [2.75, 3.05) is 6.61 Å². The van der Waals surface area contributed by atoms with E-state index in [4.69, 9.17) is 4.74 Å². The molecule has 0 saturated carbocycles. The van der Waals surface area contributed by atoms with Gasteiger partial charge in [-0.1, -0.05) is 47.7 Å². The van der Waals surface area contributed by atoms with Crippen LogP contribution < -0.4 is 0 Å². The van der Waals surface area contributed by atoms with Crippen LogP contribution in [0.5, 0.6) is 5.75 Å². The Kier molecular flexibility index (Phi) is 6.19. The second-order valence-electron chi connectivity index (χ2n) is 6.20. The summed E-state index contributed by atoms with van der Waals surface area (Å²) in [6, 6.07) is 13.4. The Morgan fingerprint density at radius 3 is 2.45 bits per heavy atom. The lowest BCUT2D eigenvalue weighted by Gasteiger charge is -2.03. The van der Waals surface area contributed by atoms with Gasteiger partial charge in [0.2, 0.25) is 0 Å². The van der Waals surface area contributed by atoms with Gasteiger partial charge in [-0.25, -0.2) is 9.79 Å². The number of hydrogen-bond donors (Lipinski definition) is 2. The molecule has 0 spiro atoms. The number of aromatic hydroxyl groups is 1. The van der Waals surface area contributed by atoms with Crippen LogP contribution in [0.25, 0.3) is 6.08 Å². The highest BCUT2D eigenvalue weighted by Crippen LogP contribution is 2.40. The quantitative estimate of drug-likeness (QED) is 0.727. The first-order valence-corrected chi connectivity index (χ1v) is 9.70. The smallest absolute Gasteiger partial charge is 0.344 e. The minimum atomic E-state index is -0.770. The average molecular weight is 409 g/mol. The summed E-state index contributed by atoms with van der Waals surface area (Å²) in [7, 11) is 0. The van der Waals surface area contributed by atoms with Gasteiger partial charge in [-0.05, 0) is 38.1 Å². The van der Waals surface area contributed by atoms with E-state index in [1.165, 1.54) is 12.1 Å². The van der Waals surface area contributed by atoms with E-state index in [1.54, 1.807) is 49.4 Å². The van der Waals surface area contributed by atoms with Gasteiger partial charge in [0.25, 0.3) is 5.91 Å². The maximum absolute atomic E-state index is 12.5. The van der Waals surface area contributed by atoms with Crippen LogP contribution in [-0.4, -0.2) is 33.7 Å². The number of rotatable bonds is 4. The molecule has 148 valence electrons. The molecule has 1 amide bonds. The van der Waals surface area contributed by atoms with Crippen LogP contribution in [0.1, 0.15) is 28.4 Å².